The van der Waals surface area contributed by atoms with Crippen molar-refractivity contribution >= 4 is 11.9 Å². The van der Waals surface area contributed by atoms with Gasteiger partial charge in [-0.15, -0.1) is 0 Å². The first-order chi connectivity index (χ1) is 35.0. The molecule has 16 nitrogen and oxygen atoms in total. The Morgan fingerprint density at radius 1 is 0.467 bits per heavy atom. The first-order valence-electron chi connectivity index (χ1n) is 25.0. The number of quaternary nitrogens is 2. The maximum absolute atomic E-state index is 13.4. The van der Waals surface area contributed by atoms with E-state index in [9.17, 15) is 9.59 Å². The summed E-state index contributed by atoms with van der Waals surface area (Å²) < 4.78 is 70.2. The highest BCUT2D eigenvalue weighted by Crippen LogP contribution is 2.47. The van der Waals surface area contributed by atoms with Crippen molar-refractivity contribution in [1.82, 2.24) is 0 Å². The molecule has 0 saturated heterocycles. The van der Waals surface area contributed by atoms with Crippen LogP contribution >= 0.6 is 0 Å². The molecular weight excluding hydrogens is 1010 g/mol. The van der Waals surface area contributed by atoms with Crippen LogP contribution in [0.25, 0.3) is 0 Å². The molecule has 0 aliphatic carbocycles. The topological polar surface area (TPSA) is 145 Å². The monoisotopic (exact) mass is 1090 g/mol. The Balaban J connectivity index is 0.00000608. The molecule has 2 heterocycles. The van der Waals surface area contributed by atoms with Crippen molar-refractivity contribution in [1.29, 1.82) is 0 Å². The van der Waals surface area contributed by atoms with E-state index in [0.29, 0.717) is 92.1 Å². The molecule has 0 N–H and O–H groups in total. The molecule has 75 heavy (non-hydrogen) atoms. The van der Waals surface area contributed by atoms with Crippen molar-refractivity contribution < 1.29 is 100 Å². The average molecular weight is 1090 g/mol. The average Bonchev–Trinajstić information content (AvgIpc) is 3.38. The lowest BCUT2D eigenvalue weighted by Crippen LogP contribution is -3.00. The van der Waals surface area contributed by atoms with Gasteiger partial charge >= 0.3 is 11.9 Å². The minimum atomic E-state index is -0.671. The van der Waals surface area contributed by atoms with E-state index in [-0.39, 0.29) is 74.9 Å². The molecule has 6 rings (SSSR count). The number of likely N-dealkylation sites (N-methyl/N-ethyl adjacent to an activating group) is 2. The van der Waals surface area contributed by atoms with Gasteiger partial charge in [-0.25, -0.2) is 0 Å². The third-order valence-corrected chi connectivity index (χ3v) is 15.0. The van der Waals surface area contributed by atoms with E-state index in [1.807, 2.05) is 38.1 Å². The Morgan fingerprint density at radius 3 is 1.07 bits per heavy atom. The first kappa shape index (κ1) is 61.9. The van der Waals surface area contributed by atoms with Crippen LogP contribution in [0.15, 0.2) is 48.5 Å². The molecule has 4 aromatic carbocycles. The van der Waals surface area contributed by atoms with Crippen molar-refractivity contribution in [3.8, 4) is 57.5 Å². The van der Waals surface area contributed by atoms with Gasteiger partial charge < -0.3 is 90.6 Å². The number of carbonyl (C=O) groups excluding carboxylic acids is 2. The van der Waals surface area contributed by atoms with E-state index in [0.717, 1.165) is 50.1 Å². The van der Waals surface area contributed by atoms with Crippen LogP contribution in [-0.4, -0.2) is 145 Å². The van der Waals surface area contributed by atoms with E-state index in [1.165, 1.54) is 22.3 Å². The fourth-order valence-corrected chi connectivity index (χ4v) is 11.0. The second-order valence-electron chi connectivity index (χ2n) is 20.3. The Labute approximate surface area is 457 Å². The number of hydrogen-bond donors (Lipinski definition) is 0. The third-order valence-electron chi connectivity index (χ3n) is 15.0. The van der Waals surface area contributed by atoms with Gasteiger partial charge in [-0.1, -0.05) is 13.8 Å². The zero-order chi connectivity index (χ0) is 53.1. The number of ether oxygens (including phenoxy) is 12. The molecule has 4 aromatic rings. The Kier molecular flexibility index (Phi) is 22.6. The molecule has 0 spiro atoms. The van der Waals surface area contributed by atoms with Crippen molar-refractivity contribution in [2.75, 3.05) is 125 Å². The minimum absolute atomic E-state index is 0. The van der Waals surface area contributed by atoms with E-state index < -0.39 is 5.41 Å². The summed E-state index contributed by atoms with van der Waals surface area (Å²) in [7, 11) is 20.8. The van der Waals surface area contributed by atoms with Crippen molar-refractivity contribution in [3.63, 3.8) is 0 Å². The Morgan fingerprint density at radius 2 is 0.773 bits per heavy atom. The van der Waals surface area contributed by atoms with Gasteiger partial charge in [0.05, 0.1) is 137 Å². The first-order valence-corrected chi connectivity index (χ1v) is 25.0. The van der Waals surface area contributed by atoms with Crippen molar-refractivity contribution in [2.45, 2.75) is 77.3 Å². The van der Waals surface area contributed by atoms with Crippen LogP contribution in [0.2, 0.25) is 0 Å². The van der Waals surface area contributed by atoms with Gasteiger partial charge in [-0.2, -0.15) is 0 Å². The normalized spacial score (nSPS) is 18.6. The highest BCUT2D eigenvalue weighted by molar-refractivity contribution is 5.74. The lowest BCUT2D eigenvalue weighted by molar-refractivity contribution is -0.941. The number of halogens is 2. The number of benzene rings is 4. The highest BCUT2D eigenvalue weighted by atomic mass is 35.5. The summed E-state index contributed by atoms with van der Waals surface area (Å²) in [5, 5.41) is 0. The summed E-state index contributed by atoms with van der Waals surface area (Å²) in [5.74, 6) is 5.52. The quantitative estimate of drug-likeness (QED) is 0.0517. The molecule has 4 atom stereocenters. The van der Waals surface area contributed by atoms with Crippen LogP contribution in [0, 0.1) is 5.41 Å². The number of rotatable bonds is 26. The van der Waals surface area contributed by atoms with E-state index in [4.69, 9.17) is 56.8 Å². The lowest BCUT2D eigenvalue weighted by atomic mass is 9.85. The summed E-state index contributed by atoms with van der Waals surface area (Å²) in [6, 6.07) is 16.4. The molecule has 0 aromatic heterocycles. The maximum atomic E-state index is 13.4. The summed E-state index contributed by atoms with van der Waals surface area (Å²) in [6.45, 7) is 7.56. The second kappa shape index (κ2) is 27.4. The SMILES string of the molecule is COc1cc2c(cc1OC)[C@@H](Cc1cc(OC)c(OC)c(OC)c1)[N+](C)(CCCOC(=O)CC(C)(C)CC(=O)OCCC[N+]1(C)CCc3cc(OC)c(OC)cc3[C@H]1Cc1cc(OC)c(OC)c(OC)c1)CC2.[Cl-].[Cl-]. The number of methoxy groups -OCH3 is 10. The van der Waals surface area contributed by atoms with Crippen LogP contribution in [-0.2, 0) is 44.7 Å². The number of nitrogens with zero attached hydrogens (tertiary/aromatic N) is 2. The van der Waals surface area contributed by atoms with E-state index in [2.05, 4.69) is 38.4 Å². The molecule has 0 bridgehead atoms. The number of esters is 2. The van der Waals surface area contributed by atoms with Gasteiger partial charge in [0.1, 0.15) is 12.1 Å². The van der Waals surface area contributed by atoms with Crippen LogP contribution in [0.3, 0.4) is 0 Å². The zero-order valence-electron chi connectivity index (χ0n) is 46.5. The van der Waals surface area contributed by atoms with Crippen LogP contribution in [0.1, 0.15) is 85.0 Å². The molecule has 416 valence electrons. The lowest BCUT2D eigenvalue weighted by Gasteiger charge is -2.46. The Hall–Kier alpha value is -5.68. The summed E-state index contributed by atoms with van der Waals surface area (Å²) in [5.41, 5.74) is 6.17. The van der Waals surface area contributed by atoms with Crippen LogP contribution in [0.5, 0.6) is 57.5 Å². The molecule has 2 unspecified atom stereocenters. The molecule has 18 heteroatoms. The predicted octanol–water partition coefficient (Wildman–Crippen LogP) is 2.73. The van der Waals surface area contributed by atoms with Gasteiger partial charge in [0.2, 0.25) is 11.5 Å². The second-order valence-corrected chi connectivity index (χ2v) is 20.3. The largest absolute Gasteiger partial charge is 1.00 e. The van der Waals surface area contributed by atoms with Gasteiger partial charge in [-0.3, -0.25) is 9.59 Å². The summed E-state index contributed by atoms with van der Waals surface area (Å²) >= 11 is 0. The Bertz CT molecular complexity index is 2340. The predicted molar refractivity (Wildman–Crippen MR) is 278 cm³/mol. The van der Waals surface area contributed by atoms with Crippen LogP contribution < -0.4 is 72.2 Å². The number of hydrogen-bond acceptors (Lipinski definition) is 14. The summed E-state index contributed by atoms with van der Waals surface area (Å²) in [4.78, 5) is 26.7. The fraction of sp³-hybridized carbons (Fsp3) is 0.544. The summed E-state index contributed by atoms with van der Waals surface area (Å²) in [6.07, 6.45) is 4.50. The van der Waals surface area contributed by atoms with Gasteiger partial charge in [0.25, 0.3) is 0 Å². The van der Waals surface area contributed by atoms with Crippen LogP contribution in [0.4, 0.5) is 0 Å². The van der Waals surface area contributed by atoms with Crippen molar-refractivity contribution in [3.05, 3.63) is 81.9 Å². The molecule has 0 saturated carbocycles. The molecular formula is C57H80Cl2N2O14. The minimum Gasteiger partial charge on any atom is -1.00 e. The third kappa shape index (κ3) is 14.4. The van der Waals surface area contributed by atoms with E-state index >= 15 is 0 Å². The van der Waals surface area contributed by atoms with E-state index in [1.54, 1.807) is 71.1 Å². The molecule has 0 radical (unpaired) electrons. The van der Waals surface area contributed by atoms with Gasteiger partial charge in [-0.05, 0) is 76.2 Å². The zero-order valence-corrected chi connectivity index (χ0v) is 48.1. The van der Waals surface area contributed by atoms with Gasteiger partial charge in [0, 0.05) is 49.7 Å². The molecule has 0 amide bonds. The smallest absolute Gasteiger partial charge is 0.306 e. The number of carbonyl (C=O) groups is 2. The van der Waals surface area contributed by atoms with Crippen molar-refractivity contribution in [2.24, 2.45) is 5.41 Å². The molecule has 2 aliphatic rings. The molecule has 0 fully saturated rings. The number of fused-ring (bicyclic) bond motifs is 2. The standard InChI is InChI=1S/C57H80N2O14.2ClH/c1-57(2,35-53(60)72-23-15-19-58(3)21-17-39-31-45(62-5)47(64-7)33-41(39)43(58)25-37-27-49(66-9)55(70-13)50(28-37)67-10)36-54(61)73-24-16-20-59(4)22-18-40-32-46(63-6)48(65-8)34-42(40)44(59)26-38-29-51(68-11)56(71-14)52(30-38)69-12;;/h27-34,43-44H,15-26,35-36H2,1-14H3;2*1H/q+2;;/p-2/t43-,44-,58?,59?;;/m1../s1. The maximum Gasteiger partial charge on any atom is 0.306 e. The fourth-order valence-electron chi connectivity index (χ4n) is 11.0. The van der Waals surface area contributed by atoms with Gasteiger partial charge in [0.15, 0.2) is 46.0 Å². The highest BCUT2D eigenvalue weighted by Gasteiger charge is 2.42. The molecule has 2 aliphatic heterocycles.